The van der Waals surface area contributed by atoms with Crippen LogP contribution in [0.25, 0.3) is 10.8 Å². The van der Waals surface area contributed by atoms with Gasteiger partial charge in [0.15, 0.2) is 0 Å². The second-order valence-corrected chi connectivity index (χ2v) is 5.13. The molecular weight excluding hydrogens is 260 g/mol. The van der Waals surface area contributed by atoms with Crippen molar-refractivity contribution in [2.45, 2.75) is 25.1 Å². The van der Waals surface area contributed by atoms with Crippen LogP contribution in [0.4, 0.5) is 5.82 Å². The van der Waals surface area contributed by atoms with Crippen molar-refractivity contribution < 1.29 is 4.74 Å². The van der Waals surface area contributed by atoms with Crippen molar-refractivity contribution in [3.05, 3.63) is 30.5 Å². The maximum atomic E-state index is 6.23. The monoisotopic (exact) mass is 278 g/mol. The van der Waals surface area contributed by atoms with Crippen molar-refractivity contribution in [3.63, 3.8) is 0 Å². The van der Waals surface area contributed by atoms with Gasteiger partial charge in [-0.15, -0.1) is 11.6 Å². The Bertz CT molecular complexity index is 545. The molecule has 1 aromatic carbocycles. The van der Waals surface area contributed by atoms with Crippen LogP contribution in [-0.2, 0) is 0 Å². The minimum atomic E-state index is 0.132. The van der Waals surface area contributed by atoms with Gasteiger partial charge in [0.25, 0.3) is 0 Å². The van der Waals surface area contributed by atoms with E-state index >= 15 is 0 Å². The molecule has 2 rings (SSSR count). The summed E-state index contributed by atoms with van der Waals surface area (Å²) in [6, 6.07) is 7.97. The summed E-state index contributed by atoms with van der Waals surface area (Å²) in [6.45, 7) is 2.86. The molecule has 1 heterocycles. The summed E-state index contributed by atoms with van der Waals surface area (Å²) >= 11 is 6.23. The van der Waals surface area contributed by atoms with E-state index in [0.717, 1.165) is 41.7 Å². The van der Waals surface area contributed by atoms with Gasteiger partial charge in [0.2, 0.25) is 0 Å². The zero-order chi connectivity index (χ0) is 13.7. The van der Waals surface area contributed by atoms with Gasteiger partial charge in [0, 0.05) is 18.1 Å². The average Bonchev–Trinajstić information content (AvgIpc) is 2.44. The van der Waals surface area contributed by atoms with Gasteiger partial charge in [-0.2, -0.15) is 0 Å². The van der Waals surface area contributed by atoms with Crippen LogP contribution in [0.15, 0.2) is 30.5 Å². The van der Waals surface area contributed by atoms with Gasteiger partial charge in [0.05, 0.1) is 12.5 Å². The first kappa shape index (κ1) is 13.9. The summed E-state index contributed by atoms with van der Waals surface area (Å²) in [5.41, 5.74) is 0. The second-order valence-electron chi connectivity index (χ2n) is 4.51. The largest absolute Gasteiger partial charge is 0.497 e. The molecule has 1 N–H and O–H groups in total. The Morgan fingerprint density at radius 2 is 2.21 bits per heavy atom. The van der Waals surface area contributed by atoms with E-state index < -0.39 is 0 Å². The molecular formula is C15H19ClN2O. The number of benzene rings is 1. The summed E-state index contributed by atoms with van der Waals surface area (Å²) in [6.07, 6.45) is 3.90. The molecule has 0 saturated heterocycles. The minimum Gasteiger partial charge on any atom is -0.497 e. The molecule has 1 aromatic heterocycles. The predicted octanol–water partition coefficient (Wildman–Crippen LogP) is 4.06. The highest BCUT2D eigenvalue weighted by molar-refractivity contribution is 6.20. The second kappa shape index (κ2) is 6.62. The fourth-order valence-corrected chi connectivity index (χ4v) is 2.33. The van der Waals surface area contributed by atoms with Crippen LogP contribution in [0.5, 0.6) is 5.75 Å². The Balaban J connectivity index is 2.22. The van der Waals surface area contributed by atoms with E-state index in [1.165, 1.54) is 0 Å². The lowest BCUT2D eigenvalue weighted by Gasteiger charge is -2.12. The van der Waals surface area contributed by atoms with Crippen LogP contribution in [0, 0.1) is 0 Å². The SMILES string of the molecule is CCCC(Cl)CNc1nccc2ccc(OC)cc12. The van der Waals surface area contributed by atoms with Gasteiger partial charge < -0.3 is 10.1 Å². The van der Waals surface area contributed by atoms with Gasteiger partial charge >= 0.3 is 0 Å². The van der Waals surface area contributed by atoms with Gasteiger partial charge in [0.1, 0.15) is 11.6 Å². The first-order valence-electron chi connectivity index (χ1n) is 6.55. The lowest BCUT2D eigenvalue weighted by atomic mass is 10.1. The Morgan fingerprint density at radius 1 is 1.37 bits per heavy atom. The van der Waals surface area contributed by atoms with Crippen LogP contribution >= 0.6 is 11.6 Å². The Labute approximate surface area is 118 Å². The van der Waals surface area contributed by atoms with Gasteiger partial charge in [-0.25, -0.2) is 4.98 Å². The summed E-state index contributed by atoms with van der Waals surface area (Å²) in [5, 5.41) is 5.65. The molecule has 3 nitrogen and oxygen atoms in total. The molecule has 1 atom stereocenters. The molecule has 19 heavy (non-hydrogen) atoms. The van der Waals surface area contributed by atoms with Gasteiger partial charge in [-0.05, 0) is 30.0 Å². The third kappa shape index (κ3) is 3.51. The molecule has 0 amide bonds. The Morgan fingerprint density at radius 3 is 2.95 bits per heavy atom. The number of hydrogen-bond donors (Lipinski definition) is 1. The van der Waals surface area contributed by atoms with E-state index in [1.54, 1.807) is 13.3 Å². The van der Waals surface area contributed by atoms with Crippen molar-refractivity contribution in [1.82, 2.24) is 4.98 Å². The van der Waals surface area contributed by atoms with E-state index in [-0.39, 0.29) is 5.38 Å². The lowest BCUT2D eigenvalue weighted by Crippen LogP contribution is -2.14. The molecule has 0 bridgehead atoms. The topological polar surface area (TPSA) is 34.2 Å². The third-order valence-corrected chi connectivity index (χ3v) is 3.44. The van der Waals surface area contributed by atoms with E-state index in [9.17, 15) is 0 Å². The highest BCUT2D eigenvalue weighted by atomic mass is 35.5. The van der Waals surface area contributed by atoms with E-state index in [0.29, 0.717) is 0 Å². The van der Waals surface area contributed by atoms with Crippen molar-refractivity contribution >= 4 is 28.2 Å². The number of pyridine rings is 1. The Hall–Kier alpha value is -1.48. The minimum absolute atomic E-state index is 0.132. The van der Waals surface area contributed by atoms with E-state index in [4.69, 9.17) is 16.3 Å². The lowest BCUT2D eigenvalue weighted by molar-refractivity contribution is 0.415. The number of fused-ring (bicyclic) bond motifs is 1. The number of methoxy groups -OCH3 is 1. The molecule has 0 saturated carbocycles. The first-order valence-corrected chi connectivity index (χ1v) is 6.99. The maximum absolute atomic E-state index is 6.23. The molecule has 0 aliphatic rings. The van der Waals surface area contributed by atoms with E-state index in [2.05, 4.69) is 17.2 Å². The number of anilines is 1. The number of halogens is 1. The number of aromatic nitrogens is 1. The number of rotatable bonds is 6. The molecule has 0 aliphatic carbocycles. The molecule has 2 aromatic rings. The van der Waals surface area contributed by atoms with Gasteiger partial charge in [-0.1, -0.05) is 19.4 Å². The summed E-state index contributed by atoms with van der Waals surface area (Å²) in [5.74, 6) is 1.69. The van der Waals surface area contributed by atoms with Crippen LogP contribution in [0.1, 0.15) is 19.8 Å². The number of nitrogens with one attached hydrogen (secondary N) is 1. The van der Waals surface area contributed by atoms with Crippen molar-refractivity contribution in [3.8, 4) is 5.75 Å². The normalized spacial score (nSPS) is 12.4. The summed E-state index contributed by atoms with van der Waals surface area (Å²) in [7, 11) is 1.67. The van der Waals surface area contributed by atoms with Crippen molar-refractivity contribution in [2.24, 2.45) is 0 Å². The maximum Gasteiger partial charge on any atom is 0.134 e. The van der Waals surface area contributed by atoms with Crippen LogP contribution < -0.4 is 10.1 Å². The summed E-state index contributed by atoms with van der Waals surface area (Å²) < 4.78 is 5.26. The molecule has 0 radical (unpaired) electrons. The quantitative estimate of drug-likeness (QED) is 0.809. The van der Waals surface area contributed by atoms with Gasteiger partial charge in [-0.3, -0.25) is 0 Å². The third-order valence-electron chi connectivity index (χ3n) is 3.07. The smallest absolute Gasteiger partial charge is 0.134 e. The molecule has 0 spiro atoms. The van der Waals surface area contributed by atoms with Crippen molar-refractivity contribution in [2.75, 3.05) is 19.0 Å². The first-order chi connectivity index (χ1) is 9.24. The number of alkyl halides is 1. The molecule has 0 fully saturated rings. The van der Waals surface area contributed by atoms with Crippen molar-refractivity contribution in [1.29, 1.82) is 0 Å². The average molecular weight is 279 g/mol. The zero-order valence-electron chi connectivity index (χ0n) is 11.3. The Kier molecular flexibility index (Phi) is 4.86. The molecule has 0 aliphatic heterocycles. The predicted molar refractivity (Wildman–Crippen MR) is 81.3 cm³/mol. The standard InChI is InChI=1S/C15H19ClN2O/c1-3-4-12(16)10-18-15-14-9-13(19-2)6-5-11(14)7-8-17-15/h5-9,12H,3-4,10H2,1-2H3,(H,17,18). The number of hydrogen-bond acceptors (Lipinski definition) is 3. The fraction of sp³-hybridized carbons (Fsp3) is 0.400. The van der Waals surface area contributed by atoms with Crippen LogP contribution in [0.2, 0.25) is 0 Å². The highest BCUT2D eigenvalue weighted by Gasteiger charge is 2.07. The highest BCUT2D eigenvalue weighted by Crippen LogP contribution is 2.25. The van der Waals surface area contributed by atoms with Crippen LogP contribution in [-0.4, -0.2) is 24.0 Å². The summed E-state index contributed by atoms with van der Waals surface area (Å²) in [4.78, 5) is 4.39. The fourth-order valence-electron chi connectivity index (χ4n) is 2.04. The van der Waals surface area contributed by atoms with E-state index in [1.807, 2.05) is 24.3 Å². The number of ether oxygens (including phenoxy) is 1. The molecule has 1 unspecified atom stereocenters. The molecule has 4 heteroatoms. The zero-order valence-corrected chi connectivity index (χ0v) is 12.1. The molecule has 102 valence electrons. The van der Waals surface area contributed by atoms with Crippen LogP contribution in [0.3, 0.4) is 0 Å². The number of nitrogens with zero attached hydrogens (tertiary/aromatic N) is 1.